The minimum atomic E-state index is -0.0575. The second-order valence-corrected chi connectivity index (χ2v) is 8.09. The van der Waals surface area contributed by atoms with Crippen molar-refractivity contribution in [2.24, 2.45) is 7.05 Å². The number of piperidine rings is 1. The molecule has 29 heavy (non-hydrogen) atoms. The number of fused-ring (bicyclic) bond motifs is 1. The van der Waals surface area contributed by atoms with Gasteiger partial charge in [0, 0.05) is 37.9 Å². The Morgan fingerprint density at radius 2 is 2.07 bits per heavy atom. The third kappa shape index (κ3) is 3.71. The fourth-order valence-electron chi connectivity index (χ4n) is 4.10. The van der Waals surface area contributed by atoms with Gasteiger partial charge in [0.05, 0.1) is 11.6 Å². The van der Waals surface area contributed by atoms with Crippen LogP contribution in [0.3, 0.4) is 0 Å². The van der Waals surface area contributed by atoms with Crippen molar-refractivity contribution in [3.8, 4) is 0 Å². The highest BCUT2D eigenvalue weighted by Gasteiger charge is 2.25. The second kappa shape index (κ2) is 7.85. The molecule has 0 aromatic carbocycles. The zero-order chi connectivity index (χ0) is 20.5. The molecule has 1 fully saturated rings. The van der Waals surface area contributed by atoms with Crippen LogP contribution in [0.1, 0.15) is 44.8 Å². The van der Waals surface area contributed by atoms with E-state index in [0.29, 0.717) is 6.04 Å². The van der Waals surface area contributed by atoms with Gasteiger partial charge in [-0.3, -0.25) is 4.79 Å². The molecule has 3 aromatic heterocycles. The SMILES string of the molecule is Cc1cc2ncnc(NCC3CCCCN3c3ccc(=O)n(C(C)C)n3)c2n1C. The predicted octanol–water partition coefficient (Wildman–Crippen LogP) is 2.89. The molecule has 1 aliphatic heterocycles. The third-order valence-electron chi connectivity index (χ3n) is 5.79. The summed E-state index contributed by atoms with van der Waals surface area (Å²) >= 11 is 0. The first-order valence-electron chi connectivity index (χ1n) is 10.3. The Hall–Kier alpha value is -2.90. The van der Waals surface area contributed by atoms with E-state index < -0.39 is 0 Å². The normalized spacial score (nSPS) is 17.3. The Balaban J connectivity index is 1.58. The van der Waals surface area contributed by atoms with Gasteiger partial charge < -0.3 is 14.8 Å². The lowest BCUT2D eigenvalue weighted by Gasteiger charge is -2.37. The van der Waals surface area contributed by atoms with Crippen LogP contribution in [-0.4, -0.2) is 43.4 Å². The fraction of sp³-hybridized carbons (Fsp3) is 0.524. The van der Waals surface area contributed by atoms with Crippen molar-refractivity contribution in [3.63, 3.8) is 0 Å². The van der Waals surface area contributed by atoms with Crippen LogP contribution in [0.4, 0.5) is 11.6 Å². The van der Waals surface area contributed by atoms with E-state index in [2.05, 4.69) is 42.8 Å². The van der Waals surface area contributed by atoms with E-state index in [1.54, 1.807) is 17.1 Å². The molecular formula is C21H29N7O. The van der Waals surface area contributed by atoms with Gasteiger partial charge in [-0.15, -0.1) is 0 Å². The van der Waals surface area contributed by atoms with Crippen LogP contribution in [0.25, 0.3) is 11.0 Å². The summed E-state index contributed by atoms with van der Waals surface area (Å²) in [6, 6.07) is 5.89. The predicted molar refractivity (Wildman–Crippen MR) is 116 cm³/mol. The highest BCUT2D eigenvalue weighted by molar-refractivity contribution is 5.87. The maximum Gasteiger partial charge on any atom is 0.267 e. The second-order valence-electron chi connectivity index (χ2n) is 8.09. The van der Waals surface area contributed by atoms with Crippen molar-refractivity contribution in [1.29, 1.82) is 0 Å². The molecular weight excluding hydrogens is 366 g/mol. The Morgan fingerprint density at radius 3 is 2.86 bits per heavy atom. The number of aryl methyl sites for hydroxylation is 2. The van der Waals surface area contributed by atoms with Gasteiger partial charge in [-0.1, -0.05) is 0 Å². The molecule has 8 nitrogen and oxygen atoms in total. The lowest BCUT2D eigenvalue weighted by atomic mass is 10.0. The van der Waals surface area contributed by atoms with Crippen LogP contribution >= 0.6 is 0 Å². The summed E-state index contributed by atoms with van der Waals surface area (Å²) in [6.45, 7) is 7.74. The number of rotatable bonds is 5. The summed E-state index contributed by atoms with van der Waals surface area (Å²) in [4.78, 5) is 23.3. The minimum Gasteiger partial charge on any atom is -0.366 e. The Bertz CT molecular complexity index is 1070. The zero-order valence-electron chi connectivity index (χ0n) is 17.6. The topological polar surface area (TPSA) is 80.9 Å². The highest BCUT2D eigenvalue weighted by Crippen LogP contribution is 2.25. The van der Waals surface area contributed by atoms with Gasteiger partial charge in [0.15, 0.2) is 5.82 Å². The van der Waals surface area contributed by atoms with E-state index in [1.165, 1.54) is 6.42 Å². The summed E-state index contributed by atoms with van der Waals surface area (Å²) in [6.07, 6.45) is 5.02. The fourth-order valence-corrected chi connectivity index (χ4v) is 4.10. The third-order valence-corrected chi connectivity index (χ3v) is 5.79. The van der Waals surface area contributed by atoms with E-state index in [4.69, 9.17) is 0 Å². The smallest absolute Gasteiger partial charge is 0.267 e. The quantitative estimate of drug-likeness (QED) is 0.715. The molecule has 8 heteroatoms. The molecule has 1 aliphatic rings. The molecule has 0 bridgehead atoms. The van der Waals surface area contributed by atoms with E-state index in [1.807, 2.05) is 27.0 Å². The molecule has 1 unspecified atom stereocenters. The lowest BCUT2D eigenvalue weighted by molar-refractivity contribution is 0.451. The summed E-state index contributed by atoms with van der Waals surface area (Å²) in [5, 5.41) is 8.19. The summed E-state index contributed by atoms with van der Waals surface area (Å²) in [7, 11) is 2.04. The number of nitrogens with zero attached hydrogens (tertiary/aromatic N) is 6. The van der Waals surface area contributed by atoms with E-state index in [0.717, 1.165) is 54.3 Å². The first-order valence-corrected chi connectivity index (χ1v) is 10.3. The number of anilines is 2. The van der Waals surface area contributed by atoms with Crippen molar-refractivity contribution in [2.75, 3.05) is 23.3 Å². The summed E-state index contributed by atoms with van der Waals surface area (Å²) in [5.41, 5.74) is 3.08. The molecule has 154 valence electrons. The minimum absolute atomic E-state index is 0.0405. The van der Waals surface area contributed by atoms with Gasteiger partial charge in [0.2, 0.25) is 0 Å². The maximum absolute atomic E-state index is 12.1. The largest absolute Gasteiger partial charge is 0.366 e. The molecule has 0 spiro atoms. The van der Waals surface area contributed by atoms with Crippen molar-refractivity contribution < 1.29 is 0 Å². The van der Waals surface area contributed by atoms with Gasteiger partial charge in [-0.25, -0.2) is 14.6 Å². The Kier molecular flexibility index (Phi) is 5.25. The first-order chi connectivity index (χ1) is 14.0. The molecule has 3 aromatic rings. The molecule has 1 N–H and O–H groups in total. The monoisotopic (exact) mass is 395 g/mol. The molecule has 1 atom stereocenters. The van der Waals surface area contributed by atoms with Gasteiger partial charge in [0.1, 0.15) is 17.7 Å². The average molecular weight is 396 g/mol. The summed E-state index contributed by atoms with van der Waals surface area (Å²) in [5.74, 6) is 1.73. The van der Waals surface area contributed by atoms with Crippen LogP contribution < -0.4 is 15.8 Å². The maximum atomic E-state index is 12.1. The van der Waals surface area contributed by atoms with Gasteiger partial charge in [-0.05, 0) is 52.2 Å². The van der Waals surface area contributed by atoms with E-state index in [-0.39, 0.29) is 11.6 Å². The molecule has 0 aliphatic carbocycles. The molecule has 0 saturated carbocycles. The van der Waals surface area contributed by atoms with Crippen molar-refractivity contribution in [3.05, 3.63) is 40.6 Å². The highest BCUT2D eigenvalue weighted by atomic mass is 16.1. The van der Waals surface area contributed by atoms with Crippen LogP contribution in [0, 0.1) is 6.92 Å². The molecule has 4 rings (SSSR count). The Labute approximate surface area is 170 Å². The lowest BCUT2D eigenvalue weighted by Crippen LogP contribution is -2.45. The van der Waals surface area contributed by atoms with Crippen molar-refractivity contribution in [1.82, 2.24) is 24.3 Å². The standard InChI is InChI=1S/C21H29N7O/c1-14(2)28-19(29)9-8-18(25-28)27-10-6-5-7-16(27)12-22-21-20-17(23-13-24-21)11-15(3)26(20)4/h8-9,11,13-14,16H,5-7,10,12H2,1-4H3,(H,22,23,24). The van der Waals surface area contributed by atoms with Crippen molar-refractivity contribution >= 4 is 22.7 Å². The van der Waals surface area contributed by atoms with Crippen LogP contribution in [0.2, 0.25) is 0 Å². The van der Waals surface area contributed by atoms with E-state index in [9.17, 15) is 4.79 Å². The number of hydrogen-bond donors (Lipinski definition) is 1. The van der Waals surface area contributed by atoms with Crippen LogP contribution in [-0.2, 0) is 7.05 Å². The van der Waals surface area contributed by atoms with Crippen molar-refractivity contribution in [2.45, 2.75) is 52.1 Å². The van der Waals surface area contributed by atoms with Gasteiger partial charge in [0.25, 0.3) is 5.56 Å². The average Bonchev–Trinajstić information content (AvgIpc) is 3.01. The Morgan fingerprint density at radius 1 is 1.24 bits per heavy atom. The molecule has 0 amide bonds. The van der Waals surface area contributed by atoms with E-state index >= 15 is 0 Å². The zero-order valence-corrected chi connectivity index (χ0v) is 17.6. The number of hydrogen-bond acceptors (Lipinski definition) is 6. The first kappa shape index (κ1) is 19.4. The number of nitrogens with one attached hydrogen (secondary N) is 1. The summed E-state index contributed by atoms with van der Waals surface area (Å²) < 4.78 is 3.69. The molecule has 4 heterocycles. The van der Waals surface area contributed by atoms with Crippen LogP contribution in [0.15, 0.2) is 29.3 Å². The molecule has 1 saturated heterocycles. The van der Waals surface area contributed by atoms with Gasteiger partial charge >= 0.3 is 0 Å². The number of aromatic nitrogens is 5. The molecule has 0 radical (unpaired) electrons. The van der Waals surface area contributed by atoms with Crippen LogP contribution in [0.5, 0.6) is 0 Å². The van der Waals surface area contributed by atoms with Gasteiger partial charge in [-0.2, -0.15) is 5.10 Å².